The molecule has 9 heteroatoms. The Balaban J connectivity index is 1.44. The van der Waals surface area contributed by atoms with Crippen molar-refractivity contribution in [2.45, 2.75) is 32.6 Å². The van der Waals surface area contributed by atoms with Crippen LogP contribution >= 0.6 is 23.8 Å². The Kier molecular flexibility index (Phi) is 12.5. The molecule has 0 aliphatic heterocycles. The van der Waals surface area contributed by atoms with Crippen molar-refractivity contribution >= 4 is 40.8 Å². The zero-order chi connectivity index (χ0) is 27.0. The van der Waals surface area contributed by atoms with Gasteiger partial charge >= 0.3 is 0 Å². The Hall–Kier alpha value is -3.49. The number of nitrogens with zero attached hydrogens (tertiary/aromatic N) is 1. The summed E-state index contributed by atoms with van der Waals surface area (Å²) < 4.78 is 22.9. The lowest BCUT2D eigenvalue weighted by molar-refractivity contribution is 0.211. The molecular formula is C29H34ClN3O4S. The second-order valence-corrected chi connectivity index (χ2v) is 9.12. The third kappa shape index (κ3) is 10.1. The highest BCUT2D eigenvalue weighted by atomic mass is 35.5. The van der Waals surface area contributed by atoms with Crippen molar-refractivity contribution in [1.29, 1.82) is 0 Å². The van der Waals surface area contributed by atoms with Gasteiger partial charge in [-0.1, -0.05) is 56.0 Å². The summed E-state index contributed by atoms with van der Waals surface area (Å²) in [6, 6.07) is 20.7. The summed E-state index contributed by atoms with van der Waals surface area (Å²) in [4.78, 5) is 0. The van der Waals surface area contributed by atoms with Crippen LogP contribution in [0.1, 0.15) is 38.2 Å². The average molecular weight is 556 g/mol. The zero-order valence-electron chi connectivity index (χ0n) is 21.7. The van der Waals surface area contributed by atoms with Gasteiger partial charge in [0.05, 0.1) is 25.0 Å². The molecular weight excluding hydrogens is 522 g/mol. The lowest BCUT2D eigenvalue weighted by Crippen LogP contribution is -2.23. The number of thiocarbonyl (C=S) groups is 1. The van der Waals surface area contributed by atoms with Gasteiger partial charge in [-0.2, -0.15) is 5.10 Å². The maximum Gasteiger partial charge on any atom is 0.191 e. The van der Waals surface area contributed by atoms with Crippen molar-refractivity contribution in [1.82, 2.24) is 5.43 Å². The number of nitrogens with one attached hydrogen (secondary N) is 2. The van der Waals surface area contributed by atoms with Crippen molar-refractivity contribution in [2.24, 2.45) is 5.10 Å². The minimum atomic E-state index is 0.292. The van der Waals surface area contributed by atoms with E-state index in [4.69, 9.17) is 42.8 Å². The number of ether oxygens (including phenoxy) is 4. The van der Waals surface area contributed by atoms with Crippen LogP contribution in [0.3, 0.4) is 0 Å². The van der Waals surface area contributed by atoms with Crippen LogP contribution in [0.4, 0.5) is 5.69 Å². The van der Waals surface area contributed by atoms with Gasteiger partial charge in [-0.3, -0.25) is 5.43 Å². The molecule has 7 nitrogen and oxygen atoms in total. The van der Waals surface area contributed by atoms with E-state index in [-0.39, 0.29) is 0 Å². The van der Waals surface area contributed by atoms with E-state index in [1.165, 1.54) is 19.3 Å². The Morgan fingerprint density at radius 1 is 0.895 bits per heavy atom. The molecule has 0 saturated carbocycles. The van der Waals surface area contributed by atoms with Gasteiger partial charge in [-0.05, 0) is 72.7 Å². The number of anilines is 1. The number of hydrogen-bond donors (Lipinski definition) is 2. The molecule has 3 aromatic carbocycles. The highest BCUT2D eigenvalue weighted by molar-refractivity contribution is 7.80. The Morgan fingerprint density at radius 3 is 2.26 bits per heavy atom. The first-order valence-corrected chi connectivity index (χ1v) is 13.4. The van der Waals surface area contributed by atoms with E-state index in [0.717, 1.165) is 35.8 Å². The van der Waals surface area contributed by atoms with Crippen molar-refractivity contribution in [3.63, 3.8) is 0 Å². The topological polar surface area (TPSA) is 73.3 Å². The number of hydrogen-bond acceptors (Lipinski definition) is 6. The van der Waals surface area contributed by atoms with Crippen molar-refractivity contribution in [3.8, 4) is 23.0 Å². The van der Waals surface area contributed by atoms with E-state index in [1.54, 1.807) is 25.5 Å². The maximum atomic E-state index is 6.47. The molecule has 0 spiro atoms. The molecule has 2 N–H and O–H groups in total. The normalized spacial score (nSPS) is 10.7. The molecule has 0 saturated heterocycles. The summed E-state index contributed by atoms with van der Waals surface area (Å²) in [5, 5.41) is 7.98. The monoisotopic (exact) mass is 555 g/mol. The number of unbranched alkanes of at least 4 members (excludes halogenated alkanes) is 3. The summed E-state index contributed by atoms with van der Waals surface area (Å²) in [7, 11) is 1.56. The minimum Gasteiger partial charge on any atom is -0.494 e. The Bertz CT molecular complexity index is 1160. The molecule has 0 bridgehead atoms. The molecule has 0 radical (unpaired) electrons. The number of benzene rings is 3. The lowest BCUT2D eigenvalue weighted by atomic mass is 10.2. The highest BCUT2D eigenvalue weighted by Gasteiger charge is 2.12. The van der Waals surface area contributed by atoms with Gasteiger partial charge in [0.2, 0.25) is 0 Å². The van der Waals surface area contributed by atoms with Gasteiger partial charge in [0.25, 0.3) is 0 Å². The second-order valence-electron chi connectivity index (χ2n) is 8.30. The van der Waals surface area contributed by atoms with Crippen molar-refractivity contribution in [2.75, 3.05) is 32.2 Å². The first-order valence-electron chi connectivity index (χ1n) is 12.6. The van der Waals surface area contributed by atoms with Gasteiger partial charge in [0, 0.05) is 5.69 Å². The maximum absolute atomic E-state index is 6.47. The standard InChI is InChI=1S/C29H34ClN3O4S/c1-3-4-5-9-16-35-24-12-14-25(15-13-24)36-17-18-37-28-26(30)19-22(20-27(28)34-2)21-31-33-29(38)32-23-10-7-6-8-11-23/h6-8,10-15,19-21H,3-5,9,16-18H2,1-2H3,(H2,32,33,38). The lowest BCUT2D eigenvalue weighted by Gasteiger charge is -2.14. The number of rotatable bonds is 15. The molecule has 0 aliphatic carbocycles. The summed E-state index contributed by atoms with van der Waals surface area (Å²) in [5.41, 5.74) is 4.37. The first-order chi connectivity index (χ1) is 18.6. The van der Waals surface area contributed by atoms with Crippen molar-refractivity contribution < 1.29 is 18.9 Å². The van der Waals surface area contributed by atoms with Gasteiger partial charge < -0.3 is 24.3 Å². The van der Waals surface area contributed by atoms with E-state index in [9.17, 15) is 0 Å². The average Bonchev–Trinajstić information content (AvgIpc) is 2.93. The van der Waals surface area contributed by atoms with Crippen LogP contribution in [0, 0.1) is 0 Å². The van der Waals surface area contributed by atoms with E-state index in [0.29, 0.717) is 34.8 Å². The third-order valence-electron chi connectivity index (χ3n) is 5.35. The number of para-hydroxylation sites is 1. The minimum absolute atomic E-state index is 0.292. The number of methoxy groups -OCH3 is 1. The fourth-order valence-electron chi connectivity index (χ4n) is 3.45. The van der Waals surface area contributed by atoms with E-state index >= 15 is 0 Å². The number of halogens is 1. The second kappa shape index (κ2) is 16.4. The van der Waals surface area contributed by atoms with Gasteiger partial charge in [-0.15, -0.1) is 0 Å². The molecule has 0 fully saturated rings. The van der Waals surface area contributed by atoms with E-state index in [2.05, 4.69) is 22.8 Å². The molecule has 0 heterocycles. The smallest absolute Gasteiger partial charge is 0.191 e. The quantitative estimate of drug-likeness (QED) is 0.0897. The molecule has 202 valence electrons. The zero-order valence-corrected chi connectivity index (χ0v) is 23.3. The van der Waals surface area contributed by atoms with Gasteiger partial charge in [0.1, 0.15) is 24.7 Å². The fraction of sp³-hybridized carbons (Fsp3) is 0.310. The molecule has 0 unspecified atom stereocenters. The predicted octanol–water partition coefficient (Wildman–Crippen LogP) is 7.09. The van der Waals surface area contributed by atoms with E-state index < -0.39 is 0 Å². The molecule has 38 heavy (non-hydrogen) atoms. The van der Waals surface area contributed by atoms with Gasteiger partial charge in [0.15, 0.2) is 16.6 Å². The van der Waals surface area contributed by atoms with Crippen LogP contribution < -0.4 is 29.7 Å². The largest absolute Gasteiger partial charge is 0.494 e. The van der Waals surface area contributed by atoms with Crippen LogP contribution in [0.15, 0.2) is 71.8 Å². The van der Waals surface area contributed by atoms with E-state index in [1.807, 2.05) is 54.6 Å². The Labute approximate surface area is 235 Å². The van der Waals surface area contributed by atoms with Crippen LogP contribution in [-0.2, 0) is 0 Å². The summed E-state index contributed by atoms with van der Waals surface area (Å²) in [6.45, 7) is 3.57. The van der Waals surface area contributed by atoms with Crippen molar-refractivity contribution in [3.05, 3.63) is 77.3 Å². The molecule has 0 amide bonds. The summed E-state index contributed by atoms with van der Waals surface area (Å²) in [6.07, 6.45) is 6.32. The molecule has 0 aromatic heterocycles. The van der Waals surface area contributed by atoms with Crippen LogP contribution in [0.5, 0.6) is 23.0 Å². The first kappa shape index (κ1) is 29.1. The summed E-state index contributed by atoms with van der Waals surface area (Å²) >= 11 is 11.7. The summed E-state index contributed by atoms with van der Waals surface area (Å²) in [5.74, 6) is 2.51. The molecule has 0 atom stereocenters. The van der Waals surface area contributed by atoms with Crippen LogP contribution in [0.25, 0.3) is 0 Å². The molecule has 3 aromatic rings. The SMILES string of the molecule is CCCCCCOc1ccc(OCCOc2c(Cl)cc(C=NNC(=S)Nc3ccccc3)cc2OC)cc1. The number of hydrazone groups is 1. The molecule has 0 aliphatic rings. The highest BCUT2D eigenvalue weighted by Crippen LogP contribution is 2.36. The molecule has 3 rings (SSSR count). The Morgan fingerprint density at radius 2 is 1.58 bits per heavy atom. The predicted molar refractivity (Wildman–Crippen MR) is 158 cm³/mol. The fourth-order valence-corrected chi connectivity index (χ4v) is 3.90. The van der Waals surface area contributed by atoms with Gasteiger partial charge in [-0.25, -0.2) is 0 Å². The van der Waals surface area contributed by atoms with Crippen LogP contribution in [0.2, 0.25) is 5.02 Å². The van der Waals surface area contributed by atoms with Crippen LogP contribution in [-0.4, -0.2) is 38.3 Å². The third-order valence-corrected chi connectivity index (χ3v) is 5.83.